The van der Waals surface area contributed by atoms with Crippen LogP contribution in [0.1, 0.15) is 5.56 Å². The fourth-order valence-corrected chi connectivity index (χ4v) is 6.22. The third-order valence-electron chi connectivity index (χ3n) is 4.05. The Morgan fingerprint density at radius 3 is 1.64 bits per heavy atom. The van der Waals surface area contributed by atoms with Gasteiger partial charge in [0, 0.05) is 0 Å². The minimum atomic E-state index is -1.80. The number of rotatable bonds is 3. The summed E-state index contributed by atoms with van der Waals surface area (Å²) in [5, 5.41) is 13.3. The van der Waals surface area contributed by atoms with Gasteiger partial charge in [0.15, 0.2) is 0 Å². The van der Waals surface area contributed by atoms with E-state index in [2.05, 4.69) is 67.3 Å². The summed E-state index contributed by atoms with van der Waals surface area (Å²) in [5.41, 5.74) is 0.769. The number of hydrogen-bond donors (Lipinski definition) is 0. The molecular formula is C20H17NP+. The van der Waals surface area contributed by atoms with Gasteiger partial charge in [-0.3, -0.25) is 0 Å². The molecule has 0 radical (unpaired) electrons. The van der Waals surface area contributed by atoms with Gasteiger partial charge in [-0.1, -0.05) is 48.5 Å². The van der Waals surface area contributed by atoms with Crippen molar-refractivity contribution >= 4 is 23.2 Å². The highest BCUT2D eigenvalue weighted by Gasteiger charge is 2.41. The molecule has 22 heavy (non-hydrogen) atoms. The van der Waals surface area contributed by atoms with Crippen molar-refractivity contribution in [1.82, 2.24) is 0 Å². The van der Waals surface area contributed by atoms with Gasteiger partial charge < -0.3 is 0 Å². The first kappa shape index (κ1) is 14.5. The van der Waals surface area contributed by atoms with Crippen molar-refractivity contribution in [3.05, 3.63) is 90.5 Å². The lowest BCUT2D eigenvalue weighted by Crippen LogP contribution is -2.31. The third kappa shape index (κ3) is 2.43. The standard InChI is InChI=1S/C20H17NP/c1-22(18-11-4-2-5-12-18,19-13-6-3-7-14-19)20-15-9-8-10-17(20)16-21/h2-15H,1H3/q+1. The minimum Gasteiger partial charge on any atom is -0.192 e. The molecule has 0 aliphatic carbocycles. The molecule has 0 unspecified atom stereocenters. The predicted octanol–water partition coefficient (Wildman–Crippen LogP) is 3.48. The van der Waals surface area contributed by atoms with Gasteiger partial charge in [0.25, 0.3) is 0 Å². The Balaban J connectivity index is 2.32. The molecule has 0 aliphatic rings. The summed E-state index contributed by atoms with van der Waals surface area (Å²) in [5.74, 6) is 0. The Morgan fingerprint density at radius 1 is 0.682 bits per heavy atom. The van der Waals surface area contributed by atoms with E-state index in [0.29, 0.717) is 0 Å². The van der Waals surface area contributed by atoms with Crippen molar-refractivity contribution < 1.29 is 0 Å². The van der Waals surface area contributed by atoms with Crippen LogP contribution in [0.25, 0.3) is 0 Å². The van der Waals surface area contributed by atoms with Gasteiger partial charge >= 0.3 is 0 Å². The van der Waals surface area contributed by atoms with Crippen LogP contribution < -0.4 is 15.9 Å². The van der Waals surface area contributed by atoms with E-state index in [1.165, 1.54) is 10.6 Å². The molecule has 0 aliphatic heterocycles. The van der Waals surface area contributed by atoms with Crippen molar-refractivity contribution in [2.75, 3.05) is 6.66 Å². The van der Waals surface area contributed by atoms with Crippen molar-refractivity contribution in [2.24, 2.45) is 0 Å². The quantitative estimate of drug-likeness (QED) is 0.680. The third-order valence-corrected chi connectivity index (χ3v) is 8.07. The van der Waals surface area contributed by atoms with E-state index in [-0.39, 0.29) is 0 Å². The number of nitriles is 1. The lowest BCUT2D eigenvalue weighted by Gasteiger charge is -2.23. The molecular weight excluding hydrogens is 285 g/mol. The highest BCUT2D eigenvalue weighted by molar-refractivity contribution is 7.95. The second-order valence-electron chi connectivity index (χ2n) is 5.31. The highest BCUT2D eigenvalue weighted by Crippen LogP contribution is 2.52. The smallest absolute Gasteiger partial charge is 0.122 e. The molecule has 2 heteroatoms. The summed E-state index contributed by atoms with van der Waals surface area (Å²) in [6.45, 7) is 2.30. The van der Waals surface area contributed by atoms with Gasteiger partial charge in [0.1, 0.15) is 29.2 Å². The lowest BCUT2D eigenvalue weighted by atomic mass is 10.2. The molecule has 0 heterocycles. The summed E-state index contributed by atoms with van der Waals surface area (Å²) < 4.78 is 0. The molecule has 0 aromatic heterocycles. The van der Waals surface area contributed by atoms with Crippen molar-refractivity contribution in [1.29, 1.82) is 5.26 Å². The SMILES string of the molecule is C[P+](c1ccccc1)(c1ccccc1)c1ccccc1C#N. The summed E-state index contributed by atoms with van der Waals surface area (Å²) in [7, 11) is -1.80. The largest absolute Gasteiger partial charge is 0.192 e. The van der Waals surface area contributed by atoms with Crippen LogP contribution in [0.15, 0.2) is 84.9 Å². The Bertz CT molecular complexity index is 764. The number of benzene rings is 3. The van der Waals surface area contributed by atoms with Crippen molar-refractivity contribution in [3.8, 4) is 6.07 Å². The monoisotopic (exact) mass is 302 g/mol. The fourth-order valence-electron chi connectivity index (χ4n) is 2.84. The zero-order valence-corrected chi connectivity index (χ0v) is 13.4. The van der Waals surface area contributed by atoms with Gasteiger partial charge in [-0.05, 0) is 36.4 Å². The van der Waals surface area contributed by atoms with Crippen LogP contribution in [0.3, 0.4) is 0 Å². The molecule has 0 spiro atoms. The lowest BCUT2D eigenvalue weighted by molar-refractivity contribution is 1.50. The molecule has 3 aromatic rings. The van der Waals surface area contributed by atoms with Crippen LogP contribution in [0.4, 0.5) is 0 Å². The molecule has 1 nitrogen and oxygen atoms in total. The maximum Gasteiger partial charge on any atom is 0.122 e. The Hall–Kier alpha value is -2.42. The normalized spacial score (nSPS) is 10.9. The first-order chi connectivity index (χ1) is 10.8. The Labute approximate surface area is 132 Å². The predicted molar refractivity (Wildman–Crippen MR) is 95.8 cm³/mol. The first-order valence-corrected chi connectivity index (χ1v) is 9.48. The van der Waals surface area contributed by atoms with Gasteiger partial charge in [-0.2, -0.15) is 5.26 Å². The molecule has 0 saturated heterocycles. The second-order valence-corrected chi connectivity index (χ2v) is 8.83. The molecule has 0 bridgehead atoms. The van der Waals surface area contributed by atoms with Crippen LogP contribution in [0, 0.1) is 11.3 Å². The first-order valence-electron chi connectivity index (χ1n) is 7.24. The molecule has 0 saturated carbocycles. The van der Waals surface area contributed by atoms with E-state index in [0.717, 1.165) is 10.9 Å². The molecule has 3 rings (SSSR count). The molecule has 0 N–H and O–H groups in total. The van der Waals surface area contributed by atoms with Crippen LogP contribution >= 0.6 is 7.26 Å². The van der Waals surface area contributed by atoms with Gasteiger partial charge in [0.2, 0.25) is 0 Å². The molecule has 3 aromatic carbocycles. The van der Waals surface area contributed by atoms with Gasteiger partial charge in [0.05, 0.1) is 12.2 Å². The molecule has 0 fully saturated rings. The average Bonchev–Trinajstić information content (AvgIpc) is 2.62. The maximum absolute atomic E-state index is 9.54. The average molecular weight is 302 g/mol. The zero-order valence-electron chi connectivity index (χ0n) is 12.5. The van der Waals surface area contributed by atoms with E-state index in [9.17, 15) is 5.26 Å². The summed E-state index contributed by atoms with van der Waals surface area (Å²) in [6.07, 6.45) is 0. The zero-order chi connectivity index (χ0) is 15.4. The van der Waals surface area contributed by atoms with Crippen LogP contribution in [0.5, 0.6) is 0 Å². The summed E-state index contributed by atoms with van der Waals surface area (Å²) >= 11 is 0. The topological polar surface area (TPSA) is 23.8 Å². The van der Waals surface area contributed by atoms with Gasteiger partial charge in [-0.15, -0.1) is 0 Å². The number of nitrogens with zero attached hydrogens (tertiary/aromatic N) is 1. The maximum atomic E-state index is 9.54. The molecule has 0 atom stereocenters. The Kier molecular flexibility index (Phi) is 4.05. The fraction of sp³-hybridized carbons (Fsp3) is 0.0500. The van der Waals surface area contributed by atoms with E-state index in [4.69, 9.17) is 0 Å². The van der Waals surface area contributed by atoms with E-state index in [1.54, 1.807) is 0 Å². The van der Waals surface area contributed by atoms with E-state index in [1.807, 2.05) is 30.3 Å². The number of hydrogen-bond acceptors (Lipinski definition) is 1. The van der Waals surface area contributed by atoms with Gasteiger partial charge in [-0.25, -0.2) is 0 Å². The Morgan fingerprint density at radius 2 is 1.14 bits per heavy atom. The van der Waals surface area contributed by atoms with E-state index >= 15 is 0 Å². The molecule has 0 amide bonds. The van der Waals surface area contributed by atoms with Crippen LogP contribution in [0.2, 0.25) is 0 Å². The molecule has 106 valence electrons. The second kappa shape index (κ2) is 6.14. The highest BCUT2D eigenvalue weighted by atomic mass is 31.2. The van der Waals surface area contributed by atoms with Crippen LogP contribution in [-0.2, 0) is 0 Å². The summed E-state index contributed by atoms with van der Waals surface area (Å²) in [6, 6.07) is 31.4. The van der Waals surface area contributed by atoms with Crippen molar-refractivity contribution in [3.63, 3.8) is 0 Å². The van der Waals surface area contributed by atoms with Crippen molar-refractivity contribution in [2.45, 2.75) is 0 Å². The van der Waals surface area contributed by atoms with Crippen LogP contribution in [-0.4, -0.2) is 6.66 Å². The summed E-state index contributed by atoms with van der Waals surface area (Å²) in [4.78, 5) is 0. The van der Waals surface area contributed by atoms with E-state index < -0.39 is 7.26 Å². The minimum absolute atomic E-state index is 0.769.